The lowest BCUT2D eigenvalue weighted by atomic mass is 10.1. The number of para-hydroxylation sites is 1. The van der Waals surface area contributed by atoms with Crippen LogP contribution >= 0.6 is 0 Å². The Labute approximate surface area is 162 Å². The lowest BCUT2D eigenvalue weighted by Gasteiger charge is -2.24. The molecule has 0 unspecified atom stereocenters. The summed E-state index contributed by atoms with van der Waals surface area (Å²) in [6, 6.07) is 12.7. The van der Waals surface area contributed by atoms with E-state index in [1.54, 1.807) is 36.4 Å². The number of benzene rings is 2. The van der Waals surface area contributed by atoms with Crippen LogP contribution in [0.4, 0.5) is 15.8 Å². The van der Waals surface area contributed by atoms with Gasteiger partial charge in [-0.3, -0.25) is 19.3 Å². The summed E-state index contributed by atoms with van der Waals surface area (Å²) in [7, 11) is 0. The van der Waals surface area contributed by atoms with Crippen molar-refractivity contribution < 1.29 is 23.5 Å². The van der Waals surface area contributed by atoms with E-state index in [-0.39, 0.29) is 36.5 Å². The van der Waals surface area contributed by atoms with E-state index in [4.69, 9.17) is 4.74 Å². The lowest BCUT2D eigenvalue weighted by molar-refractivity contribution is -0.129. The van der Waals surface area contributed by atoms with Crippen molar-refractivity contribution in [2.45, 2.75) is 32.1 Å². The van der Waals surface area contributed by atoms with Gasteiger partial charge in [0.15, 0.2) is 11.6 Å². The molecule has 2 aromatic rings. The molecule has 1 aliphatic rings. The largest absolute Gasteiger partial charge is 0.491 e. The molecule has 2 aromatic carbocycles. The van der Waals surface area contributed by atoms with E-state index < -0.39 is 5.82 Å². The number of nitrogens with one attached hydrogen (secondary N) is 1. The van der Waals surface area contributed by atoms with Crippen LogP contribution in [0, 0.1) is 5.82 Å². The van der Waals surface area contributed by atoms with Gasteiger partial charge < -0.3 is 10.1 Å². The summed E-state index contributed by atoms with van der Waals surface area (Å²) in [6.07, 6.45) is 1.97. The second kappa shape index (κ2) is 9.12. The number of ether oxygens (including phenoxy) is 1. The summed E-state index contributed by atoms with van der Waals surface area (Å²) in [5, 5.41) is 2.75. The molecule has 7 heteroatoms. The molecule has 1 heterocycles. The van der Waals surface area contributed by atoms with E-state index in [0.29, 0.717) is 37.1 Å². The summed E-state index contributed by atoms with van der Waals surface area (Å²) in [5.74, 6) is -0.876. The summed E-state index contributed by atoms with van der Waals surface area (Å²) in [6.45, 7) is 0.229. The molecule has 0 bridgehead atoms. The van der Waals surface area contributed by atoms with Crippen molar-refractivity contribution >= 4 is 29.1 Å². The number of carbonyl (C=O) groups excluding carboxylic acids is 3. The van der Waals surface area contributed by atoms with Crippen LogP contribution in [-0.2, 0) is 14.4 Å². The molecule has 1 aliphatic heterocycles. The second-order valence-corrected chi connectivity index (χ2v) is 6.45. The summed E-state index contributed by atoms with van der Waals surface area (Å²) in [5.41, 5.74) is 1.08. The number of rotatable bonds is 7. The first-order chi connectivity index (χ1) is 13.5. The van der Waals surface area contributed by atoms with Crippen LogP contribution in [-0.4, -0.2) is 24.3 Å². The van der Waals surface area contributed by atoms with Crippen molar-refractivity contribution in [1.82, 2.24) is 0 Å². The standard InChI is InChI=1S/C21H21FN2O4/c22-17-5-1-2-6-18(17)28-14-4-7-19(25)23-15-10-12-16(13-11-15)24-20(26)8-3-9-21(24)27/h1-2,5-6,10-13H,3-4,7-9,14H2,(H,23,25). The Morgan fingerprint density at radius 1 is 1.04 bits per heavy atom. The van der Waals surface area contributed by atoms with Gasteiger partial charge in [-0.15, -0.1) is 0 Å². The molecule has 0 atom stereocenters. The average Bonchev–Trinajstić information content (AvgIpc) is 2.68. The predicted octanol–water partition coefficient (Wildman–Crippen LogP) is 3.67. The molecule has 28 heavy (non-hydrogen) atoms. The Morgan fingerprint density at radius 3 is 2.39 bits per heavy atom. The summed E-state index contributed by atoms with van der Waals surface area (Å²) < 4.78 is 18.7. The monoisotopic (exact) mass is 384 g/mol. The predicted molar refractivity (Wildman–Crippen MR) is 103 cm³/mol. The summed E-state index contributed by atoms with van der Waals surface area (Å²) in [4.78, 5) is 37.1. The van der Waals surface area contributed by atoms with E-state index in [2.05, 4.69) is 5.32 Å². The topological polar surface area (TPSA) is 75.7 Å². The minimum atomic E-state index is -0.433. The Kier molecular flexibility index (Phi) is 6.37. The maximum atomic E-state index is 13.4. The van der Waals surface area contributed by atoms with Crippen molar-refractivity contribution in [3.05, 3.63) is 54.3 Å². The molecule has 0 aromatic heterocycles. The number of imide groups is 1. The molecule has 6 nitrogen and oxygen atoms in total. The molecule has 1 fully saturated rings. The first kappa shape index (κ1) is 19.5. The highest BCUT2D eigenvalue weighted by atomic mass is 19.1. The van der Waals surface area contributed by atoms with E-state index in [1.807, 2.05) is 0 Å². The zero-order chi connectivity index (χ0) is 19.9. The van der Waals surface area contributed by atoms with E-state index in [1.165, 1.54) is 17.0 Å². The quantitative estimate of drug-likeness (QED) is 0.584. The normalized spacial score (nSPS) is 14.1. The van der Waals surface area contributed by atoms with Crippen molar-refractivity contribution in [3.63, 3.8) is 0 Å². The third-order valence-corrected chi connectivity index (χ3v) is 4.33. The van der Waals surface area contributed by atoms with Crippen molar-refractivity contribution in [3.8, 4) is 5.75 Å². The molecule has 3 amide bonds. The van der Waals surface area contributed by atoms with E-state index >= 15 is 0 Å². The number of amides is 3. The smallest absolute Gasteiger partial charge is 0.233 e. The van der Waals surface area contributed by atoms with E-state index in [0.717, 1.165) is 0 Å². The van der Waals surface area contributed by atoms with Gasteiger partial charge in [0.1, 0.15) is 0 Å². The van der Waals surface area contributed by atoms with Crippen LogP contribution in [0.15, 0.2) is 48.5 Å². The third kappa shape index (κ3) is 4.94. The first-order valence-electron chi connectivity index (χ1n) is 9.17. The van der Waals surface area contributed by atoms with Gasteiger partial charge in [-0.2, -0.15) is 0 Å². The number of nitrogens with zero attached hydrogens (tertiary/aromatic N) is 1. The Balaban J connectivity index is 1.46. The highest BCUT2D eigenvalue weighted by Gasteiger charge is 2.27. The Morgan fingerprint density at radius 2 is 1.71 bits per heavy atom. The molecule has 0 saturated carbocycles. The van der Waals surface area contributed by atoms with Crippen LogP contribution in [0.3, 0.4) is 0 Å². The molecule has 146 valence electrons. The second-order valence-electron chi connectivity index (χ2n) is 6.45. The van der Waals surface area contributed by atoms with E-state index in [9.17, 15) is 18.8 Å². The van der Waals surface area contributed by atoms with Gasteiger partial charge in [-0.1, -0.05) is 12.1 Å². The fraction of sp³-hybridized carbons (Fsp3) is 0.286. The zero-order valence-corrected chi connectivity index (χ0v) is 15.3. The minimum Gasteiger partial charge on any atom is -0.491 e. The molecular formula is C21H21FN2O4. The SMILES string of the molecule is O=C(CCCOc1ccccc1F)Nc1ccc(N2C(=O)CCCC2=O)cc1. The van der Waals surface area contributed by atoms with Gasteiger partial charge in [-0.05, 0) is 49.2 Å². The van der Waals surface area contributed by atoms with Gasteiger partial charge in [-0.25, -0.2) is 4.39 Å². The number of carbonyl (C=O) groups is 3. The third-order valence-electron chi connectivity index (χ3n) is 4.33. The fourth-order valence-corrected chi connectivity index (χ4v) is 2.94. The van der Waals surface area contributed by atoms with Gasteiger partial charge >= 0.3 is 0 Å². The highest BCUT2D eigenvalue weighted by molar-refractivity contribution is 6.16. The zero-order valence-electron chi connectivity index (χ0n) is 15.3. The number of anilines is 2. The maximum absolute atomic E-state index is 13.4. The van der Waals surface area contributed by atoms with Crippen molar-refractivity contribution in [2.24, 2.45) is 0 Å². The summed E-state index contributed by atoms with van der Waals surface area (Å²) >= 11 is 0. The average molecular weight is 384 g/mol. The van der Waals surface area contributed by atoms with Gasteiger partial charge in [0.25, 0.3) is 0 Å². The molecule has 1 saturated heterocycles. The van der Waals surface area contributed by atoms with Crippen LogP contribution in [0.25, 0.3) is 0 Å². The number of hydrogen-bond donors (Lipinski definition) is 1. The molecule has 3 rings (SSSR count). The van der Waals surface area contributed by atoms with Crippen LogP contribution < -0.4 is 15.0 Å². The molecular weight excluding hydrogens is 363 g/mol. The number of halogens is 1. The van der Waals surface area contributed by atoms with Crippen LogP contribution in [0.5, 0.6) is 5.75 Å². The first-order valence-corrected chi connectivity index (χ1v) is 9.17. The Hall–Kier alpha value is -3.22. The molecule has 0 radical (unpaired) electrons. The Bertz CT molecular complexity index is 851. The highest BCUT2D eigenvalue weighted by Crippen LogP contribution is 2.23. The van der Waals surface area contributed by atoms with Crippen LogP contribution in [0.2, 0.25) is 0 Å². The minimum absolute atomic E-state index is 0.167. The molecule has 0 spiro atoms. The molecule has 1 N–H and O–H groups in total. The van der Waals surface area contributed by atoms with Crippen molar-refractivity contribution in [2.75, 3.05) is 16.8 Å². The van der Waals surface area contributed by atoms with Crippen LogP contribution in [0.1, 0.15) is 32.1 Å². The number of piperidine rings is 1. The van der Waals surface area contributed by atoms with Gasteiger partial charge in [0.05, 0.1) is 12.3 Å². The number of hydrogen-bond acceptors (Lipinski definition) is 4. The lowest BCUT2D eigenvalue weighted by Crippen LogP contribution is -2.40. The van der Waals surface area contributed by atoms with Gasteiger partial charge in [0.2, 0.25) is 17.7 Å². The molecule has 0 aliphatic carbocycles. The fourth-order valence-electron chi connectivity index (χ4n) is 2.94. The maximum Gasteiger partial charge on any atom is 0.233 e. The van der Waals surface area contributed by atoms with Crippen molar-refractivity contribution in [1.29, 1.82) is 0 Å². The van der Waals surface area contributed by atoms with Gasteiger partial charge in [0, 0.05) is 24.9 Å².